The number of methoxy groups -OCH3 is 1. The van der Waals surface area contributed by atoms with Crippen LogP contribution in [-0.2, 0) is 0 Å². The van der Waals surface area contributed by atoms with E-state index in [9.17, 15) is 18.4 Å². The maximum absolute atomic E-state index is 12.3. The standard InChI is InChI=1S/C16H14F2N2O4/c1-23-13-8-10(4-7-12(13)24-16(17)18)15(22)20-11-5-2-9(3-6-11)14(19)21/h2-8,16H,1H3,(H2,19,21)(H,20,22). The largest absolute Gasteiger partial charge is 0.493 e. The van der Waals surface area contributed by atoms with Crippen LogP contribution in [-0.4, -0.2) is 25.5 Å². The number of hydrogen-bond acceptors (Lipinski definition) is 4. The molecule has 126 valence electrons. The van der Waals surface area contributed by atoms with Crippen LogP contribution in [0.2, 0.25) is 0 Å². The van der Waals surface area contributed by atoms with Gasteiger partial charge in [0.2, 0.25) is 5.91 Å². The molecule has 0 aliphatic rings. The summed E-state index contributed by atoms with van der Waals surface area (Å²) in [5.74, 6) is -1.22. The Morgan fingerprint density at radius 2 is 1.67 bits per heavy atom. The summed E-state index contributed by atoms with van der Waals surface area (Å²) in [7, 11) is 1.28. The highest BCUT2D eigenvalue weighted by Crippen LogP contribution is 2.29. The fraction of sp³-hybridized carbons (Fsp3) is 0.125. The van der Waals surface area contributed by atoms with Gasteiger partial charge in [-0.2, -0.15) is 8.78 Å². The second-order valence-electron chi connectivity index (χ2n) is 4.64. The minimum absolute atomic E-state index is 0.00651. The van der Waals surface area contributed by atoms with Crippen LogP contribution < -0.4 is 20.5 Å². The monoisotopic (exact) mass is 336 g/mol. The number of nitrogens with two attached hydrogens (primary N) is 1. The molecule has 2 aromatic rings. The van der Waals surface area contributed by atoms with Crippen molar-refractivity contribution in [2.75, 3.05) is 12.4 Å². The minimum atomic E-state index is -3.00. The third-order valence-corrected chi connectivity index (χ3v) is 3.07. The first-order valence-electron chi connectivity index (χ1n) is 6.74. The van der Waals surface area contributed by atoms with Crippen LogP contribution >= 0.6 is 0 Å². The third kappa shape index (κ3) is 4.19. The number of amides is 2. The molecular weight excluding hydrogens is 322 g/mol. The Morgan fingerprint density at radius 1 is 1.04 bits per heavy atom. The number of alkyl halides is 2. The van der Waals surface area contributed by atoms with Crippen molar-refractivity contribution in [3.8, 4) is 11.5 Å². The molecule has 2 amide bonds. The lowest BCUT2D eigenvalue weighted by atomic mass is 10.1. The van der Waals surface area contributed by atoms with Crippen molar-refractivity contribution in [3.63, 3.8) is 0 Å². The topological polar surface area (TPSA) is 90.6 Å². The molecule has 0 atom stereocenters. The molecule has 2 rings (SSSR count). The number of carbonyl (C=O) groups excluding carboxylic acids is 2. The zero-order chi connectivity index (χ0) is 17.7. The summed E-state index contributed by atoms with van der Waals surface area (Å²) in [5.41, 5.74) is 6.07. The molecule has 0 aliphatic heterocycles. The number of ether oxygens (including phenoxy) is 2. The van der Waals surface area contributed by atoms with Gasteiger partial charge in [-0.1, -0.05) is 0 Å². The van der Waals surface area contributed by atoms with E-state index in [2.05, 4.69) is 10.1 Å². The van der Waals surface area contributed by atoms with E-state index in [1.807, 2.05) is 0 Å². The number of primary amides is 1. The fourth-order valence-electron chi connectivity index (χ4n) is 1.92. The van der Waals surface area contributed by atoms with Crippen molar-refractivity contribution >= 4 is 17.5 Å². The molecule has 0 spiro atoms. The molecule has 24 heavy (non-hydrogen) atoms. The van der Waals surface area contributed by atoms with Crippen LogP contribution in [0.4, 0.5) is 14.5 Å². The normalized spacial score (nSPS) is 10.3. The molecule has 0 unspecified atom stereocenters. The van der Waals surface area contributed by atoms with Crippen LogP contribution in [0.5, 0.6) is 11.5 Å². The molecule has 0 radical (unpaired) electrons. The van der Waals surface area contributed by atoms with Gasteiger partial charge in [-0.05, 0) is 42.5 Å². The lowest BCUT2D eigenvalue weighted by Crippen LogP contribution is -2.14. The van der Waals surface area contributed by atoms with Gasteiger partial charge in [0.25, 0.3) is 5.91 Å². The van der Waals surface area contributed by atoms with E-state index in [0.717, 1.165) is 0 Å². The van der Waals surface area contributed by atoms with Gasteiger partial charge in [0.1, 0.15) is 0 Å². The molecule has 0 saturated carbocycles. The molecule has 6 nitrogen and oxygen atoms in total. The van der Waals surface area contributed by atoms with Gasteiger partial charge >= 0.3 is 6.61 Å². The smallest absolute Gasteiger partial charge is 0.387 e. The molecule has 0 heterocycles. The maximum atomic E-state index is 12.3. The second kappa shape index (κ2) is 7.40. The molecule has 0 aromatic heterocycles. The van der Waals surface area contributed by atoms with E-state index < -0.39 is 18.4 Å². The summed E-state index contributed by atoms with van der Waals surface area (Å²) in [6, 6.07) is 9.80. The van der Waals surface area contributed by atoms with Crippen molar-refractivity contribution in [3.05, 3.63) is 53.6 Å². The molecule has 0 saturated heterocycles. The number of rotatable bonds is 6. The summed E-state index contributed by atoms with van der Waals surface area (Å²) in [4.78, 5) is 23.2. The van der Waals surface area contributed by atoms with Gasteiger partial charge in [0.05, 0.1) is 7.11 Å². The first-order chi connectivity index (χ1) is 11.4. The van der Waals surface area contributed by atoms with E-state index in [4.69, 9.17) is 10.5 Å². The number of halogens is 2. The number of hydrogen-bond donors (Lipinski definition) is 2. The number of anilines is 1. The van der Waals surface area contributed by atoms with Gasteiger partial charge < -0.3 is 20.5 Å². The van der Waals surface area contributed by atoms with Crippen LogP contribution in [0.15, 0.2) is 42.5 Å². The quantitative estimate of drug-likeness (QED) is 0.848. The number of benzene rings is 2. The first-order valence-corrected chi connectivity index (χ1v) is 6.74. The summed E-state index contributed by atoms with van der Waals surface area (Å²) < 4.78 is 33.8. The Hall–Kier alpha value is -3.16. The van der Waals surface area contributed by atoms with Crippen molar-refractivity contribution < 1.29 is 27.8 Å². The van der Waals surface area contributed by atoms with Crippen molar-refractivity contribution in [1.29, 1.82) is 0 Å². The highest BCUT2D eigenvalue weighted by molar-refractivity contribution is 6.05. The predicted octanol–water partition coefficient (Wildman–Crippen LogP) is 2.65. The van der Waals surface area contributed by atoms with Crippen LogP contribution in [0.3, 0.4) is 0 Å². The first kappa shape index (κ1) is 17.2. The molecular formula is C16H14F2N2O4. The van der Waals surface area contributed by atoms with Gasteiger partial charge in [-0.3, -0.25) is 9.59 Å². The van der Waals surface area contributed by atoms with E-state index in [1.165, 1.54) is 49.6 Å². The third-order valence-electron chi connectivity index (χ3n) is 3.07. The average Bonchev–Trinajstić information content (AvgIpc) is 2.55. The SMILES string of the molecule is COc1cc(C(=O)Nc2ccc(C(N)=O)cc2)ccc1OC(F)F. The molecule has 0 aliphatic carbocycles. The predicted molar refractivity (Wildman–Crippen MR) is 82.5 cm³/mol. The van der Waals surface area contributed by atoms with Crippen LogP contribution in [0.1, 0.15) is 20.7 Å². The zero-order valence-electron chi connectivity index (χ0n) is 12.6. The highest BCUT2D eigenvalue weighted by Gasteiger charge is 2.14. The zero-order valence-corrected chi connectivity index (χ0v) is 12.6. The number of nitrogens with one attached hydrogen (secondary N) is 1. The molecule has 8 heteroatoms. The second-order valence-corrected chi connectivity index (χ2v) is 4.64. The summed E-state index contributed by atoms with van der Waals surface area (Å²) in [6.07, 6.45) is 0. The lowest BCUT2D eigenvalue weighted by Gasteiger charge is -2.11. The highest BCUT2D eigenvalue weighted by atomic mass is 19.3. The Bertz CT molecular complexity index is 748. The van der Waals surface area contributed by atoms with Crippen molar-refractivity contribution in [1.82, 2.24) is 0 Å². The van der Waals surface area contributed by atoms with Crippen LogP contribution in [0, 0.1) is 0 Å². The van der Waals surface area contributed by atoms with Crippen molar-refractivity contribution in [2.45, 2.75) is 6.61 Å². The van der Waals surface area contributed by atoms with E-state index in [1.54, 1.807) is 0 Å². The summed E-state index contributed by atoms with van der Waals surface area (Å²) in [6.45, 7) is -3.00. The van der Waals surface area contributed by atoms with E-state index in [-0.39, 0.29) is 17.1 Å². The van der Waals surface area contributed by atoms with Gasteiger partial charge in [-0.15, -0.1) is 0 Å². The van der Waals surface area contributed by atoms with Gasteiger partial charge in [-0.25, -0.2) is 0 Å². The molecule has 0 fully saturated rings. The Labute approximate surface area is 136 Å². The Kier molecular flexibility index (Phi) is 5.31. The Morgan fingerprint density at radius 3 is 2.21 bits per heavy atom. The van der Waals surface area contributed by atoms with Gasteiger partial charge in [0.15, 0.2) is 11.5 Å². The lowest BCUT2D eigenvalue weighted by molar-refractivity contribution is -0.0512. The van der Waals surface area contributed by atoms with E-state index >= 15 is 0 Å². The maximum Gasteiger partial charge on any atom is 0.387 e. The summed E-state index contributed by atoms with van der Waals surface area (Å²) in [5, 5.41) is 2.60. The van der Waals surface area contributed by atoms with Crippen LogP contribution in [0.25, 0.3) is 0 Å². The molecule has 0 bridgehead atoms. The van der Waals surface area contributed by atoms with Crippen molar-refractivity contribution in [2.24, 2.45) is 5.73 Å². The van der Waals surface area contributed by atoms with E-state index in [0.29, 0.717) is 11.3 Å². The average molecular weight is 336 g/mol. The number of carbonyl (C=O) groups is 2. The van der Waals surface area contributed by atoms with Gasteiger partial charge in [0, 0.05) is 16.8 Å². The fourth-order valence-corrected chi connectivity index (χ4v) is 1.92. The minimum Gasteiger partial charge on any atom is -0.493 e. The molecule has 2 aromatic carbocycles. The Balaban J connectivity index is 2.15. The summed E-state index contributed by atoms with van der Waals surface area (Å²) >= 11 is 0. The molecule has 3 N–H and O–H groups in total.